The molecule has 1 aromatic heterocycles. The van der Waals surface area contributed by atoms with E-state index in [1.54, 1.807) is 12.1 Å². The largest absolute Gasteiger partial charge is 0.349 e. The minimum Gasteiger partial charge on any atom is -0.349 e. The van der Waals surface area contributed by atoms with Crippen LogP contribution in [0.1, 0.15) is 55.5 Å². The number of carbonyl (C=O) groups excluding carboxylic acids is 1. The number of aromatic nitrogens is 1. The highest BCUT2D eigenvalue weighted by Crippen LogP contribution is 2.30. The van der Waals surface area contributed by atoms with E-state index in [4.69, 9.17) is 11.6 Å². The zero-order valence-electron chi connectivity index (χ0n) is 17.7. The highest BCUT2D eigenvalue weighted by Gasteiger charge is 2.20. The summed E-state index contributed by atoms with van der Waals surface area (Å²) in [6.07, 6.45) is 8.00. The molecule has 1 saturated carbocycles. The second-order valence-corrected chi connectivity index (χ2v) is 8.29. The van der Waals surface area contributed by atoms with E-state index in [0.717, 1.165) is 37.1 Å². The third-order valence-corrected chi connectivity index (χ3v) is 6.03. The van der Waals surface area contributed by atoms with Crippen LogP contribution in [0.3, 0.4) is 0 Å². The zero-order chi connectivity index (χ0) is 22.5. The first-order valence-electron chi connectivity index (χ1n) is 10.4. The number of aryl methyl sites for hydroxylation is 1. The van der Waals surface area contributed by atoms with Gasteiger partial charge in [0.1, 0.15) is 16.7 Å². The average molecular weight is 441 g/mol. The third-order valence-electron chi connectivity index (χ3n) is 5.71. The number of nitrogens with zero attached hydrogens (tertiary/aromatic N) is 3. The lowest BCUT2D eigenvalue weighted by Gasteiger charge is -2.15. The maximum atomic E-state index is 12.7. The highest BCUT2D eigenvalue weighted by molar-refractivity contribution is 6.32. The van der Waals surface area contributed by atoms with Gasteiger partial charge in [-0.3, -0.25) is 14.9 Å². The Morgan fingerprint density at radius 1 is 1.26 bits per heavy atom. The number of carbonyl (C=O) groups is 1. The summed E-state index contributed by atoms with van der Waals surface area (Å²) in [5, 5.41) is 23.9. The van der Waals surface area contributed by atoms with E-state index < -0.39 is 4.92 Å². The second kappa shape index (κ2) is 9.80. The van der Waals surface area contributed by atoms with Crippen LogP contribution in [0.15, 0.2) is 29.8 Å². The summed E-state index contributed by atoms with van der Waals surface area (Å²) in [4.78, 5) is 23.4. The van der Waals surface area contributed by atoms with Gasteiger partial charge in [0.05, 0.1) is 10.6 Å². The van der Waals surface area contributed by atoms with Crippen molar-refractivity contribution in [3.8, 4) is 11.8 Å². The fourth-order valence-corrected chi connectivity index (χ4v) is 4.29. The highest BCUT2D eigenvalue weighted by atomic mass is 35.5. The molecule has 2 aromatic rings. The Morgan fingerprint density at radius 2 is 1.94 bits per heavy atom. The number of nitro groups is 1. The summed E-state index contributed by atoms with van der Waals surface area (Å²) in [6.45, 7) is 3.71. The molecule has 0 aliphatic heterocycles. The van der Waals surface area contributed by atoms with Gasteiger partial charge < -0.3 is 9.88 Å². The molecule has 162 valence electrons. The second-order valence-electron chi connectivity index (χ2n) is 7.89. The number of benzene rings is 1. The minimum absolute atomic E-state index is 0.0478. The Kier molecular flexibility index (Phi) is 7.13. The summed E-state index contributed by atoms with van der Waals surface area (Å²) in [5.74, 6) is -0.360. The van der Waals surface area contributed by atoms with Crippen LogP contribution in [0.4, 0.5) is 5.69 Å². The lowest BCUT2D eigenvalue weighted by molar-refractivity contribution is -0.384. The van der Waals surface area contributed by atoms with E-state index in [1.807, 2.05) is 30.6 Å². The van der Waals surface area contributed by atoms with Gasteiger partial charge in [0.25, 0.3) is 11.6 Å². The predicted molar refractivity (Wildman–Crippen MR) is 120 cm³/mol. The molecule has 0 atom stereocenters. The molecule has 0 radical (unpaired) electrons. The molecule has 0 unspecified atom stereocenters. The van der Waals surface area contributed by atoms with Crippen LogP contribution < -0.4 is 5.32 Å². The minimum atomic E-state index is -0.521. The van der Waals surface area contributed by atoms with Gasteiger partial charge in [-0.15, -0.1) is 0 Å². The maximum Gasteiger partial charge on any atom is 0.289 e. The predicted octanol–water partition coefficient (Wildman–Crippen LogP) is 5.40. The van der Waals surface area contributed by atoms with Gasteiger partial charge in [-0.2, -0.15) is 5.26 Å². The van der Waals surface area contributed by atoms with Crippen molar-refractivity contribution in [3.63, 3.8) is 0 Å². The zero-order valence-corrected chi connectivity index (χ0v) is 18.4. The van der Waals surface area contributed by atoms with Gasteiger partial charge in [0, 0.05) is 23.5 Å². The number of rotatable bonds is 5. The van der Waals surface area contributed by atoms with Crippen LogP contribution in [-0.2, 0) is 4.79 Å². The van der Waals surface area contributed by atoms with Crippen LogP contribution in [0.25, 0.3) is 11.8 Å². The number of nitro benzene ring substituents is 1. The van der Waals surface area contributed by atoms with E-state index in [-0.39, 0.29) is 28.2 Å². The topological polar surface area (TPSA) is 101 Å². The Morgan fingerprint density at radius 3 is 2.55 bits per heavy atom. The first-order valence-corrected chi connectivity index (χ1v) is 10.8. The number of hydrogen-bond acceptors (Lipinski definition) is 4. The molecule has 0 spiro atoms. The Balaban J connectivity index is 1.90. The van der Waals surface area contributed by atoms with Gasteiger partial charge in [0.15, 0.2) is 0 Å². The number of halogens is 1. The fourth-order valence-electron chi connectivity index (χ4n) is 4.10. The first kappa shape index (κ1) is 22.6. The summed E-state index contributed by atoms with van der Waals surface area (Å²) < 4.78 is 1.84. The van der Waals surface area contributed by atoms with Crippen molar-refractivity contribution < 1.29 is 9.72 Å². The molecule has 0 saturated heterocycles. The van der Waals surface area contributed by atoms with Gasteiger partial charge in [0.2, 0.25) is 0 Å². The van der Waals surface area contributed by atoms with Crippen molar-refractivity contribution in [1.29, 1.82) is 5.26 Å². The van der Waals surface area contributed by atoms with E-state index in [1.165, 1.54) is 25.0 Å². The van der Waals surface area contributed by atoms with Crippen LogP contribution in [-0.4, -0.2) is 21.4 Å². The molecule has 1 N–H and O–H groups in total. The molecule has 1 amide bonds. The van der Waals surface area contributed by atoms with Crippen LogP contribution in [0.2, 0.25) is 5.02 Å². The first-order chi connectivity index (χ1) is 14.8. The molecular weight excluding hydrogens is 416 g/mol. The molecule has 3 rings (SSSR count). The number of hydrogen-bond donors (Lipinski definition) is 1. The lowest BCUT2D eigenvalue weighted by atomic mass is 10.1. The molecule has 31 heavy (non-hydrogen) atoms. The van der Waals surface area contributed by atoms with Crippen LogP contribution in [0.5, 0.6) is 0 Å². The Bertz CT molecular complexity index is 1070. The van der Waals surface area contributed by atoms with E-state index in [0.29, 0.717) is 11.3 Å². The van der Waals surface area contributed by atoms with Crippen molar-refractivity contribution >= 4 is 29.3 Å². The SMILES string of the molecule is Cc1cc(/C=C(\C#N)C(=O)NC2CCCCCC2)c(C)n1-c1ccc(Cl)c([N+](=O)[O-])c1. The van der Waals surface area contributed by atoms with Gasteiger partial charge in [-0.05, 0) is 56.5 Å². The number of nitriles is 1. The molecule has 1 aliphatic rings. The molecule has 1 heterocycles. The number of amides is 1. The Labute approximate surface area is 186 Å². The molecule has 8 heteroatoms. The van der Waals surface area contributed by atoms with E-state index in [2.05, 4.69) is 5.32 Å². The van der Waals surface area contributed by atoms with Crippen molar-refractivity contribution in [2.45, 2.75) is 58.4 Å². The van der Waals surface area contributed by atoms with Gasteiger partial charge >= 0.3 is 0 Å². The molecule has 0 bridgehead atoms. The van der Waals surface area contributed by atoms with Crippen molar-refractivity contribution in [2.75, 3.05) is 0 Å². The van der Waals surface area contributed by atoms with Crippen LogP contribution >= 0.6 is 11.6 Å². The van der Waals surface area contributed by atoms with E-state index >= 15 is 0 Å². The van der Waals surface area contributed by atoms with Crippen molar-refractivity contribution in [3.05, 3.63) is 61.9 Å². The lowest BCUT2D eigenvalue weighted by Crippen LogP contribution is -2.35. The number of nitrogens with one attached hydrogen (secondary N) is 1. The van der Waals surface area contributed by atoms with Crippen molar-refractivity contribution in [2.24, 2.45) is 0 Å². The normalized spacial score (nSPS) is 15.2. The molecular formula is C23H25ClN4O3. The van der Waals surface area contributed by atoms with Gasteiger partial charge in [-0.1, -0.05) is 37.3 Å². The maximum absolute atomic E-state index is 12.7. The molecule has 7 nitrogen and oxygen atoms in total. The standard InChI is InChI=1S/C23H25ClN4O3/c1-15-11-17(12-18(14-25)23(29)26-19-7-5-3-4-6-8-19)16(2)27(15)20-9-10-21(24)22(13-20)28(30)31/h9-13,19H,3-8H2,1-2H3,(H,26,29)/b18-12+. The van der Waals surface area contributed by atoms with E-state index in [9.17, 15) is 20.2 Å². The van der Waals surface area contributed by atoms with Gasteiger partial charge in [-0.25, -0.2) is 0 Å². The third kappa shape index (κ3) is 5.15. The van der Waals surface area contributed by atoms with Crippen molar-refractivity contribution in [1.82, 2.24) is 9.88 Å². The molecule has 1 aliphatic carbocycles. The Hall–Kier alpha value is -3.11. The molecule has 1 aromatic carbocycles. The average Bonchev–Trinajstić information content (AvgIpc) is 2.89. The monoisotopic (exact) mass is 440 g/mol. The summed E-state index contributed by atoms with van der Waals surface area (Å²) >= 11 is 5.94. The molecule has 1 fully saturated rings. The quantitative estimate of drug-likeness (QED) is 0.221. The summed E-state index contributed by atoms with van der Waals surface area (Å²) in [6, 6.07) is 8.58. The smallest absolute Gasteiger partial charge is 0.289 e. The fraction of sp³-hybridized carbons (Fsp3) is 0.391. The summed E-state index contributed by atoms with van der Waals surface area (Å²) in [5.41, 5.74) is 2.76. The summed E-state index contributed by atoms with van der Waals surface area (Å²) in [7, 11) is 0. The van der Waals surface area contributed by atoms with Crippen LogP contribution in [0, 0.1) is 35.3 Å².